The lowest BCUT2D eigenvalue weighted by atomic mass is 10.8. The van der Waals surface area contributed by atoms with Crippen LogP contribution in [0.3, 0.4) is 0 Å². The van der Waals surface area contributed by atoms with Crippen LogP contribution in [0, 0.1) is 0 Å². The Morgan fingerprint density at radius 3 is 0.500 bits per heavy atom. The van der Waals surface area contributed by atoms with Crippen LogP contribution in [-0.2, 0) is 0 Å². The minimum Gasteiger partial charge on any atom is -0.114 e. The third kappa shape index (κ3) is 9.71. The lowest BCUT2D eigenvalue weighted by Gasteiger charge is -0.115. The van der Waals surface area contributed by atoms with Crippen molar-refractivity contribution in [2.24, 2.45) is 0 Å². The summed E-state index contributed by atoms with van der Waals surface area (Å²) in [6, 6.07) is 0. The molecule has 0 aliphatic carbocycles. The summed E-state index contributed by atoms with van der Waals surface area (Å²) >= 11 is 0. The Morgan fingerprint density at radius 1 is 0.500 bits per heavy atom. The smallest absolute Gasteiger partial charge is 0 e. The third-order valence-electron chi connectivity index (χ3n) is 0. The van der Waals surface area contributed by atoms with Crippen LogP contribution in [0.15, 0.2) is 0 Å². The third-order valence-corrected chi connectivity index (χ3v) is 0. The topological polar surface area (TPSA) is 0 Å². The molecule has 27 valence electrons. The summed E-state index contributed by atoms with van der Waals surface area (Å²) < 4.78 is 0. The summed E-state index contributed by atoms with van der Waals surface area (Å²) in [5, 5.41) is 0. The SMILES string of the molecule is Br.Br.Br.[B]. The normalized spacial score (nSPS) is 0. The first kappa shape index (κ1) is 49.3. The van der Waals surface area contributed by atoms with Gasteiger partial charge in [0.25, 0.3) is 0 Å². The van der Waals surface area contributed by atoms with E-state index in [2.05, 4.69) is 0 Å². The molecule has 3 radical (unpaired) electrons. The molecule has 0 aromatic rings. The van der Waals surface area contributed by atoms with Gasteiger partial charge in [-0.15, -0.1) is 50.9 Å². The second-order valence-electron chi connectivity index (χ2n) is 0. The van der Waals surface area contributed by atoms with Crippen LogP contribution >= 0.6 is 50.9 Å². The minimum absolute atomic E-state index is 0. The molecule has 0 nitrogen and oxygen atoms in total. The lowest BCUT2D eigenvalue weighted by molar-refractivity contribution is 5.75. The van der Waals surface area contributed by atoms with E-state index in [-0.39, 0.29) is 59.4 Å². The predicted molar refractivity (Wildman–Crippen MR) is 36.7 cm³/mol. The van der Waals surface area contributed by atoms with Crippen molar-refractivity contribution in [3.63, 3.8) is 0 Å². The van der Waals surface area contributed by atoms with Crippen LogP contribution in [0.5, 0.6) is 0 Å². The van der Waals surface area contributed by atoms with Gasteiger partial charge in [-0.3, -0.25) is 0 Å². The Morgan fingerprint density at radius 2 is 0.500 bits per heavy atom. The summed E-state index contributed by atoms with van der Waals surface area (Å²) in [5.74, 6) is 0. The van der Waals surface area contributed by atoms with E-state index >= 15 is 0 Å². The molecule has 0 heterocycles. The maximum absolute atomic E-state index is 0. The Bertz CT molecular complexity index is 3.25. The highest BCUT2D eigenvalue weighted by Gasteiger charge is 0.0000269. The zero-order chi connectivity index (χ0) is 0. The summed E-state index contributed by atoms with van der Waals surface area (Å²) in [6.45, 7) is 0. The molecule has 0 aliphatic rings. The zero-order valence-corrected chi connectivity index (χ0v) is 6.94. The maximum atomic E-state index is 0. The van der Waals surface area contributed by atoms with Gasteiger partial charge in [0, 0.05) is 8.41 Å². The van der Waals surface area contributed by atoms with Gasteiger partial charge in [-0.05, 0) is 0 Å². The van der Waals surface area contributed by atoms with E-state index in [1.807, 2.05) is 0 Å². The van der Waals surface area contributed by atoms with Crippen molar-refractivity contribution in [1.29, 1.82) is 0 Å². The fourth-order valence-electron chi connectivity index (χ4n) is 0. The summed E-state index contributed by atoms with van der Waals surface area (Å²) in [4.78, 5) is 0. The number of halogens is 3. The van der Waals surface area contributed by atoms with E-state index in [9.17, 15) is 0 Å². The van der Waals surface area contributed by atoms with Gasteiger partial charge in [0.15, 0.2) is 0 Å². The molecule has 0 N–H and O–H groups in total. The highest BCUT2D eigenvalue weighted by Crippen LogP contribution is 0.848. The first-order chi connectivity index (χ1) is 0. The van der Waals surface area contributed by atoms with Gasteiger partial charge in [-0.2, -0.15) is 0 Å². The average molecular weight is 254 g/mol. The van der Waals surface area contributed by atoms with Crippen LogP contribution in [0.25, 0.3) is 0 Å². The molecule has 0 atom stereocenters. The fourth-order valence-corrected chi connectivity index (χ4v) is 0. The maximum Gasteiger partial charge on any atom is 0 e. The van der Waals surface area contributed by atoms with Crippen molar-refractivity contribution in [3.8, 4) is 0 Å². The second-order valence-corrected chi connectivity index (χ2v) is 0. The monoisotopic (exact) mass is 251 g/mol. The Kier molecular flexibility index (Phi) is 301. The molecule has 0 aromatic carbocycles. The summed E-state index contributed by atoms with van der Waals surface area (Å²) in [6.07, 6.45) is 0. The standard InChI is InChI=1S/B.3BrH/h;3*1H. The van der Waals surface area contributed by atoms with Gasteiger partial charge < -0.3 is 0 Å². The Labute approximate surface area is 59.2 Å². The zero-order valence-electron chi connectivity index (χ0n) is 1.80. The highest BCUT2D eigenvalue weighted by atomic mass is 79.9. The second kappa shape index (κ2) is 24.4. The molecule has 0 bridgehead atoms. The first-order valence-electron chi connectivity index (χ1n) is 0. The largest absolute Gasteiger partial charge is 0.114 e. The summed E-state index contributed by atoms with van der Waals surface area (Å²) in [7, 11) is 0. The Hall–Kier alpha value is 1.50. The predicted octanol–water partition coefficient (Wildman–Crippen LogP) is 1.35. The van der Waals surface area contributed by atoms with Gasteiger partial charge in [-0.25, -0.2) is 0 Å². The van der Waals surface area contributed by atoms with Gasteiger partial charge in [-0.1, -0.05) is 0 Å². The van der Waals surface area contributed by atoms with Gasteiger partial charge in [0.05, 0.1) is 0 Å². The summed E-state index contributed by atoms with van der Waals surface area (Å²) in [5.41, 5.74) is 0. The van der Waals surface area contributed by atoms with Crippen molar-refractivity contribution in [1.82, 2.24) is 0 Å². The van der Waals surface area contributed by atoms with Crippen LogP contribution in [0.4, 0.5) is 0 Å². The van der Waals surface area contributed by atoms with Crippen molar-refractivity contribution in [2.45, 2.75) is 0 Å². The molecule has 0 unspecified atom stereocenters. The van der Waals surface area contributed by atoms with Gasteiger partial charge in [0.1, 0.15) is 0 Å². The van der Waals surface area contributed by atoms with E-state index in [1.54, 1.807) is 0 Å². The molecule has 0 spiro atoms. The van der Waals surface area contributed by atoms with Crippen molar-refractivity contribution in [3.05, 3.63) is 0 Å². The van der Waals surface area contributed by atoms with E-state index < -0.39 is 0 Å². The number of rotatable bonds is 0. The first-order valence-corrected chi connectivity index (χ1v) is 0. The van der Waals surface area contributed by atoms with Crippen molar-refractivity contribution >= 4 is 59.4 Å². The molecular formula is H3BBr3. The van der Waals surface area contributed by atoms with Gasteiger partial charge in [0.2, 0.25) is 0 Å². The molecule has 0 fully saturated rings. The molecule has 0 amide bonds. The Balaban J connectivity index is 0. The van der Waals surface area contributed by atoms with Crippen LogP contribution in [-0.4, -0.2) is 8.41 Å². The van der Waals surface area contributed by atoms with E-state index in [0.29, 0.717) is 0 Å². The highest BCUT2D eigenvalue weighted by molar-refractivity contribution is 8.93. The van der Waals surface area contributed by atoms with Crippen LogP contribution in [0.1, 0.15) is 0 Å². The molecule has 0 saturated heterocycles. The van der Waals surface area contributed by atoms with Crippen LogP contribution < -0.4 is 0 Å². The van der Waals surface area contributed by atoms with E-state index in [1.165, 1.54) is 0 Å². The molecule has 0 saturated carbocycles. The number of hydrogen-bond donors (Lipinski definition) is 0. The molecule has 0 aliphatic heterocycles. The number of hydrogen-bond acceptors (Lipinski definition) is 0. The quantitative estimate of drug-likeness (QED) is 0.572. The van der Waals surface area contributed by atoms with Gasteiger partial charge >= 0.3 is 0 Å². The lowest BCUT2D eigenvalue weighted by Crippen LogP contribution is -0.381. The molecular weight excluding hydrogens is 251 g/mol. The minimum atomic E-state index is 0. The fraction of sp³-hybridized carbons (Fsp3) is 0. The van der Waals surface area contributed by atoms with E-state index in [0.717, 1.165) is 0 Å². The molecule has 0 aromatic heterocycles. The molecule has 4 heavy (non-hydrogen) atoms. The molecule has 0 rings (SSSR count). The van der Waals surface area contributed by atoms with Crippen molar-refractivity contribution < 1.29 is 0 Å². The van der Waals surface area contributed by atoms with Crippen molar-refractivity contribution in [2.75, 3.05) is 0 Å². The van der Waals surface area contributed by atoms with Crippen LogP contribution in [0.2, 0.25) is 0 Å². The molecule has 4 heteroatoms. The average Bonchev–Trinajstić information content (AvgIpc) is 0. The van der Waals surface area contributed by atoms with E-state index in [4.69, 9.17) is 0 Å².